The molecule has 0 radical (unpaired) electrons. The molecule has 0 aromatic carbocycles. The first kappa shape index (κ1) is 72.2. The Morgan fingerprint density at radius 1 is 0.357 bits per heavy atom. The zero-order valence-electron chi connectivity index (χ0n) is 44.0. The van der Waals surface area contributed by atoms with Gasteiger partial charge in [-0.05, 0) is 25.7 Å². The number of unbranched alkanes of at least 4 members (excludes halogenated alkanes) is 24. The van der Waals surface area contributed by atoms with Crippen molar-refractivity contribution in [2.24, 2.45) is 0 Å². The van der Waals surface area contributed by atoms with Crippen LogP contribution in [0.1, 0.15) is 233 Å². The van der Waals surface area contributed by atoms with E-state index in [0.29, 0.717) is 25.7 Å². The number of phosphoric acid groups is 2. The van der Waals surface area contributed by atoms with E-state index in [-0.39, 0.29) is 38.0 Å². The highest BCUT2D eigenvalue weighted by Gasteiger charge is 2.30. The van der Waals surface area contributed by atoms with Gasteiger partial charge in [0.25, 0.3) is 0 Å². The molecule has 0 aliphatic heterocycles. The first-order valence-corrected chi connectivity index (χ1v) is 29.3. The van der Waals surface area contributed by atoms with Crippen LogP contribution in [0.5, 0.6) is 0 Å². The van der Waals surface area contributed by atoms with Crippen LogP contribution >= 0.6 is 15.6 Å². The Kier molecular flexibility index (Phi) is 50.8. The summed E-state index contributed by atoms with van der Waals surface area (Å²) in [6.07, 6.45) is 24.4. The number of carbonyl (C=O) groups is 4. The van der Waals surface area contributed by atoms with Crippen LogP contribution in [0.4, 0.5) is 0 Å². The van der Waals surface area contributed by atoms with E-state index in [1.54, 1.807) is 0 Å². The molecule has 0 aromatic heterocycles. The third-order valence-corrected chi connectivity index (χ3v) is 13.0. The van der Waals surface area contributed by atoms with E-state index in [1.165, 1.54) is 12.8 Å². The molecule has 0 rings (SSSR count). The summed E-state index contributed by atoms with van der Waals surface area (Å²) in [6.45, 7) is 4.60. The van der Waals surface area contributed by atoms with Gasteiger partial charge in [-0.2, -0.15) is 0 Å². The molecule has 0 amide bonds. The predicted octanol–water partition coefficient (Wildman–Crippen LogP) is 12.4. The largest absolute Gasteiger partial charge is 0.472 e. The molecule has 0 aliphatic carbocycles. The highest BCUT2D eigenvalue weighted by Crippen LogP contribution is 2.45. The number of ether oxygens (including phenoxy) is 4. The van der Waals surface area contributed by atoms with Crippen LogP contribution in [0.2, 0.25) is 0 Å². The van der Waals surface area contributed by atoms with E-state index >= 15 is 0 Å². The molecule has 0 saturated heterocycles. The van der Waals surface area contributed by atoms with E-state index in [4.69, 9.17) is 37.0 Å². The van der Waals surface area contributed by atoms with Crippen LogP contribution in [0, 0.1) is 0 Å². The Morgan fingerprint density at radius 2 is 0.586 bits per heavy atom. The first-order chi connectivity index (χ1) is 32.7. The molecule has 0 fully saturated rings. The smallest absolute Gasteiger partial charge is 0.462 e. The summed E-state index contributed by atoms with van der Waals surface area (Å²) in [5, 5.41) is 10.4. The lowest BCUT2D eigenvalue weighted by Crippen LogP contribution is -2.30. The second-order valence-corrected chi connectivity index (χ2v) is 20.8. The van der Waals surface area contributed by atoms with Gasteiger partial charge >= 0.3 is 39.5 Å². The number of hydrogen-bond acceptors (Lipinski definition) is 17. The van der Waals surface area contributed by atoms with Crippen molar-refractivity contribution in [2.45, 2.75) is 251 Å². The minimum absolute atomic E-state index is 0. The monoisotopic (exact) mass is 1050 g/mol. The van der Waals surface area contributed by atoms with E-state index in [0.717, 1.165) is 141 Å². The average molecular weight is 1050 g/mol. The van der Waals surface area contributed by atoms with Gasteiger partial charge in [-0.3, -0.25) is 37.3 Å². The van der Waals surface area contributed by atoms with E-state index in [1.807, 2.05) is 0 Å². The quantitative estimate of drug-likeness (QED) is 0.0164. The van der Waals surface area contributed by atoms with Gasteiger partial charge in [0, 0.05) is 25.7 Å². The number of rotatable bonds is 50. The lowest BCUT2D eigenvalue weighted by atomic mass is 10.1. The average Bonchev–Trinajstić information content (AvgIpc) is 3.30. The highest BCUT2D eigenvalue weighted by molar-refractivity contribution is 7.47. The van der Waals surface area contributed by atoms with Gasteiger partial charge in [-0.1, -0.05) is 182 Å². The zero-order chi connectivity index (χ0) is 50.6. The Hall–Kier alpha value is -2.02. The number of aliphatic hydroxyl groups excluding tert-OH is 1. The fourth-order valence-corrected chi connectivity index (χ4v) is 8.56. The molecule has 0 bridgehead atoms. The fraction of sp³-hybridized carbons (Fsp3) is 0.918. The van der Waals surface area contributed by atoms with Crippen molar-refractivity contribution in [1.82, 2.24) is 12.3 Å². The van der Waals surface area contributed by atoms with Crippen LogP contribution in [-0.2, 0) is 65.4 Å². The highest BCUT2D eigenvalue weighted by atomic mass is 31.2. The molecule has 0 aromatic rings. The van der Waals surface area contributed by atoms with Gasteiger partial charge in [0.1, 0.15) is 19.3 Å². The van der Waals surface area contributed by atoms with E-state index in [9.17, 15) is 43.2 Å². The molecule has 9 N–H and O–H groups in total. The predicted molar refractivity (Wildman–Crippen MR) is 272 cm³/mol. The molecule has 2 unspecified atom stereocenters. The van der Waals surface area contributed by atoms with Crippen LogP contribution in [-0.4, -0.2) is 96.7 Å². The number of aliphatic hydroxyl groups is 1. The van der Waals surface area contributed by atoms with Crippen molar-refractivity contribution in [1.29, 1.82) is 0 Å². The third-order valence-electron chi connectivity index (χ3n) is 11.1. The Balaban J connectivity index is -0.0000224. The van der Waals surface area contributed by atoms with Crippen LogP contribution in [0.3, 0.4) is 0 Å². The maximum atomic E-state index is 12.8. The van der Waals surface area contributed by atoms with Crippen molar-refractivity contribution < 1.29 is 80.2 Å². The van der Waals surface area contributed by atoms with Crippen molar-refractivity contribution in [3.8, 4) is 0 Å². The van der Waals surface area contributed by atoms with E-state index in [2.05, 4.69) is 27.7 Å². The zero-order valence-corrected chi connectivity index (χ0v) is 45.8. The van der Waals surface area contributed by atoms with Crippen molar-refractivity contribution in [3.05, 3.63) is 0 Å². The summed E-state index contributed by atoms with van der Waals surface area (Å²) in [5.74, 6) is -2.17. The maximum absolute atomic E-state index is 12.8. The standard InChI is InChI=1S/C49H94O17P2.2H3N/c1-5-9-13-17-21-25-29-33-46(51)59-39-44(65-48(53)35-31-27-23-19-15-11-7-3)41-63-67(55,56)61-37-43(50)38-62-68(57,58)64-42-45(66-49(54)36-32-28-24-20-16-12-8-4)40-60-47(52)34-30-26-22-18-14-10-6-2;;/h43-45,50H,5-42H2,1-4H3,(H,55,56)(H,57,58);2*1H3/t44-,45-;;/m1../s1. The first-order valence-electron chi connectivity index (χ1n) is 26.3. The van der Waals surface area contributed by atoms with Crippen LogP contribution in [0.15, 0.2) is 0 Å². The molecular weight excluding hydrogens is 950 g/mol. The lowest BCUT2D eigenvalue weighted by Gasteiger charge is -2.21. The van der Waals surface area contributed by atoms with Crippen LogP contribution in [0.25, 0.3) is 0 Å². The molecule has 418 valence electrons. The maximum Gasteiger partial charge on any atom is 0.472 e. The summed E-state index contributed by atoms with van der Waals surface area (Å²) in [6, 6.07) is 0. The number of esters is 4. The van der Waals surface area contributed by atoms with Gasteiger partial charge in [0.15, 0.2) is 12.2 Å². The second-order valence-electron chi connectivity index (χ2n) is 17.8. The Morgan fingerprint density at radius 3 is 0.857 bits per heavy atom. The van der Waals surface area contributed by atoms with E-state index < -0.39 is 97.5 Å². The molecular formula is C49H100N2O17P2. The molecule has 0 spiro atoms. The molecule has 0 saturated carbocycles. The number of hydrogen-bond donors (Lipinski definition) is 5. The Bertz CT molecular complexity index is 1270. The van der Waals surface area contributed by atoms with Gasteiger partial charge in [-0.15, -0.1) is 0 Å². The summed E-state index contributed by atoms with van der Waals surface area (Å²) >= 11 is 0. The van der Waals surface area contributed by atoms with Gasteiger partial charge in [-0.25, -0.2) is 9.13 Å². The van der Waals surface area contributed by atoms with Gasteiger partial charge < -0.3 is 46.1 Å². The lowest BCUT2D eigenvalue weighted by molar-refractivity contribution is -0.161. The molecule has 19 nitrogen and oxygen atoms in total. The SMILES string of the molecule is CCCCCCCCCC(=O)OC[C@H](COP(=O)(O)OCC(O)COP(=O)(O)OC[C@@H](COC(=O)CCCCCCCCC)OC(=O)CCCCCCCCC)OC(=O)CCCCCCCCC.N.N. The molecule has 0 aliphatic rings. The minimum atomic E-state index is -4.92. The number of phosphoric ester groups is 2. The Labute approximate surface area is 422 Å². The summed E-state index contributed by atoms with van der Waals surface area (Å²) < 4.78 is 66.9. The number of carbonyl (C=O) groups excluding carboxylic acids is 4. The molecule has 21 heteroatoms. The second kappa shape index (κ2) is 49.2. The van der Waals surface area contributed by atoms with Crippen LogP contribution < -0.4 is 12.3 Å². The fourth-order valence-electron chi connectivity index (χ4n) is 6.98. The van der Waals surface area contributed by atoms with Gasteiger partial charge in [0.05, 0.1) is 26.4 Å². The molecule has 70 heavy (non-hydrogen) atoms. The van der Waals surface area contributed by atoms with Crippen molar-refractivity contribution in [3.63, 3.8) is 0 Å². The van der Waals surface area contributed by atoms with Crippen molar-refractivity contribution in [2.75, 3.05) is 39.6 Å². The normalized spacial score (nSPS) is 14.2. The topological polar surface area (TPSA) is 307 Å². The third kappa shape index (κ3) is 48.3. The van der Waals surface area contributed by atoms with Gasteiger partial charge in [0.2, 0.25) is 0 Å². The summed E-state index contributed by atoms with van der Waals surface area (Å²) in [5.41, 5.74) is 0. The molecule has 4 atom stereocenters. The summed E-state index contributed by atoms with van der Waals surface area (Å²) in [4.78, 5) is 71.0. The van der Waals surface area contributed by atoms with Crippen molar-refractivity contribution >= 4 is 39.5 Å². The minimum Gasteiger partial charge on any atom is -0.462 e. The summed E-state index contributed by atoms with van der Waals surface area (Å²) in [7, 11) is -9.83. The molecule has 0 heterocycles.